The molecule has 0 spiro atoms. The second-order valence-electron chi connectivity index (χ2n) is 7.95. The zero-order valence-electron chi connectivity index (χ0n) is 16.8. The van der Waals surface area contributed by atoms with Gasteiger partial charge in [-0.1, -0.05) is 24.3 Å². The molecule has 5 heteroatoms. The van der Waals surface area contributed by atoms with Crippen LogP contribution in [0.15, 0.2) is 29.3 Å². The second-order valence-corrected chi connectivity index (χ2v) is 7.95. The molecule has 0 bridgehead atoms. The molecule has 0 atom stereocenters. The second kappa shape index (κ2) is 10.5. The Morgan fingerprint density at radius 3 is 2.65 bits per heavy atom. The highest BCUT2D eigenvalue weighted by atomic mass is 16.5. The van der Waals surface area contributed by atoms with Gasteiger partial charge in [0.15, 0.2) is 5.96 Å². The first kappa shape index (κ1) is 20.7. The Morgan fingerprint density at radius 1 is 1.19 bits per heavy atom. The van der Waals surface area contributed by atoms with Gasteiger partial charge in [0.05, 0.1) is 12.2 Å². The fourth-order valence-electron chi connectivity index (χ4n) is 2.45. The molecule has 26 heavy (non-hydrogen) atoms. The summed E-state index contributed by atoms with van der Waals surface area (Å²) in [6.07, 6.45) is 3.68. The molecule has 0 aliphatic heterocycles. The van der Waals surface area contributed by atoms with Gasteiger partial charge < -0.3 is 20.1 Å². The molecule has 146 valence electrons. The van der Waals surface area contributed by atoms with Gasteiger partial charge in [-0.2, -0.15) is 0 Å². The average molecular weight is 362 g/mol. The zero-order valence-corrected chi connectivity index (χ0v) is 16.8. The maximum atomic E-state index is 5.85. The van der Waals surface area contributed by atoms with Crippen molar-refractivity contribution in [2.75, 3.05) is 26.8 Å². The fraction of sp³-hybridized carbons (Fsp3) is 0.667. The number of guanidine groups is 1. The minimum absolute atomic E-state index is 0.122. The maximum Gasteiger partial charge on any atom is 0.191 e. The fourth-order valence-corrected chi connectivity index (χ4v) is 2.45. The number of rotatable bonds is 10. The van der Waals surface area contributed by atoms with Crippen LogP contribution >= 0.6 is 0 Å². The number of ether oxygens (including phenoxy) is 2. The predicted octanol–water partition coefficient (Wildman–Crippen LogP) is 3.48. The lowest BCUT2D eigenvalue weighted by Gasteiger charge is -2.19. The molecule has 0 saturated heterocycles. The van der Waals surface area contributed by atoms with Crippen molar-refractivity contribution in [2.45, 2.75) is 58.8 Å². The van der Waals surface area contributed by atoms with Crippen LogP contribution in [0.1, 0.15) is 51.2 Å². The minimum atomic E-state index is -0.122. The molecule has 1 fully saturated rings. The van der Waals surface area contributed by atoms with Gasteiger partial charge in [-0.05, 0) is 57.1 Å². The lowest BCUT2D eigenvalue weighted by Crippen LogP contribution is -2.37. The van der Waals surface area contributed by atoms with E-state index in [9.17, 15) is 0 Å². The van der Waals surface area contributed by atoms with Crippen LogP contribution in [0.25, 0.3) is 0 Å². The highest BCUT2D eigenvalue weighted by molar-refractivity contribution is 5.79. The van der Waals surface area contributed by atoms with Crippen LogP contribution in [-0.4, -0.2) is 38.4 Å². The molecular formula is C21H35N3O2. The van der Waals surface area contributed by atoms with Crippen molar-refractivity contribution < 1.29 is 9.47 Å². The third-order valence-corrected chi connectivity index (χ3v) is 4.16. The molecule has 1 aliphatic carbocycles. The molecule has 0 radical (unpaired) electrons. The van der Waals surface area contributed by atoms with E-state index in [2.05, 4.69) is 60.7 Å². The number of nitrogens with one attached hydrogen (secondary N) is 2. The van der Waals surface area contributed by atoms with Crippen LogP contribution in [0.3, 0.4) is 0 Å². The predicted molar refractivity (Wildman–Crippen MR) is 107 cm³/mol. The van der Waals surface area contributed by atoms with E-state index in [1.165, 1.54) is 24.0 Å². The first-order valence-corrected chi connectivity index (χ1v) is 9.70. The van der Waals surface area contributed by atoms with Gasteiger partial charge in [0.1, 0.15) is 0 Å². The third-order valence-electron chi connectivity index (χ3n) is 4.16. The van der Waals surface area contributed by atoms with E-state index in [1.54, 1.807) is 7.05 Å². The van der Waals surface area contributed by atoms with E-state index in [1.807, 2.05) is 0 Å². The van der Waals surface area contributed by atoms with Crippen molar-refractivity contribution in [3.8, 4) is 0 Å². The molecule has 0 heterocycles. The first-order chi connectivity index (χ1) is 12.5. The van der Waals surface area contributed by atoms with Crippen molar-refractivity contribution in [3.05, 3.63) is 35.4 Å². The Labute approximate surface area is 158 Å². The molecule has 1 saturated carbocycles. The molecule has 1 aromatic carbocycles. The first-order valence-electron chi connectivity index (χ1n) is 9.70. The van der Waals surface area contributed by atoms with E-state index in [4.69, 9.17) is 9.47 Å². The summed E-state index contributed by atoms with van der Waals surface area (Å²) in [4.78, 5) is 4.28. The molecule has 0 unspecified atom stereocenters. The van der Waals surface area contributed by atoms with Crippen LogP contribution < -0.4 is 10.6 Å². The molecule has 2 rings (SSSR count). The number of benzene rings is 1. The topological polar surface area (TPSA) is 54.9 Å². The number of hydrogen-bond donors (Lipinski definition) is 2. The van der Waals surface area contributed by atoms with Crippen molar-refractivity contribution >= 4 is 5.96 Å². The van der Waals surface area contributed by atoms with Crippen LogP contribution in [0.5, 0.6) is 0 Å². The molecular weight excluding hydrogens is 326 g/mol. The lowest BCUT2D eigenvalue weighted by atomic mass is 10.1. The lowest BCUT2D eigenvalue weighted by molar-refractivity contribution is -0.0149. The van der Waals surface area contributed by atoms with Gasteiger partial charge in [-0.15, -0.1) is 0 Å². The smallest absolute Gasteiger partial charge is 0.191 e. The highest BCUT2D eigenvalue weighted by Crippen LogP contribution is 2.28. The average Bonchev–Trinajstić information content (AvgIpc) is 3.43. The van der Waals surface area contributed by atoms with E-state index in [-0.39, 0.29) is 5.60 Å². The summed E-state index contributed by atoms with van der Waals surface area (Å²) in [6.45, 7) is 10.2. The molecule has 2 N–H and O–H groups in total. The van der Waals surface area contributed by atoms with Gasteiger partial charge in [-0.3, -0.25) is 4.99 Å². The molecule has 5 nitrogen and oxygen atoms in total. The summed E-state index contributed by atoms with van der Waals surface area (Å²) in [6, 6.07) is 8.47. The number of hydrogen-bond acceptors (Lipinski definition) is 3. The zero-order chi connectivity index (χ0) is 18.8. The normalized spacial score (nSPS) is 15.2. The quantitative estimate of drug-likeness (QED) is 0.381. The summed E-state index contributed by atoms with van der Waals surface area (Å²) >= 11 is 0. The summed E-state index contributed by atoms with van der Waals surface area (Å²) in [5.74, 6) is 1.66. The van der Waals surface area contributed by atoms with Crippen molar-refractivity contribution in [1.82, 2.24) is 10.6 Å². The summed E-state index contributed by atoms with van der Waals surface area (Å²) in [5, 5.41) is 6.70. The van der Waals surface area contributed by atoms with Crippen molar-refractivity contribution in [1.29, 1.82) is 0 Å². The Hall–Kier alpha value is -1.59. The maximum absolute atomic E-state index is 5.85. The Kier molecular flexibility index (Phi) is 8.39. The van der Waals surface area contributed by atoms with E-state index in [0.717, 1.165) is 44.6 Å². The Balaban J connectivity index is 1.65. The van der Waals surface area contributed by atoms with Gasteiger partial charge in [0.25, 0.3) is 0 Å². The Bertz CT molecular complexity index is 563. The Morgan fingerprint density at radius 2 is 1.96 bits per heavy atom. The van der Waals surface area contributed by atoms with Crippen molar-refractivity contribution in [3.63, 3.8) is 0 Å². The highest BCUT2D eigenvalue weighted by Gasteiger charge is 2.20. The van der Waals surface area contributed by atoms with Crippen LogP contribution in [0, 0.1) is 5.92 Å². The van der Waals surface area contributed by atoms with Crippen LogP contribution in [-0.2, 0) is 22.6 Å². The van der Waals surface area contributed by atoms with Gasteiger partial charge in [-0.25, -0.2) is 0 Å². The van der Waals surface area contributed by atoms with Gasteiger partial charge in [0, 0.05) is 33.4 Å². The third kappa shape index (κ3) is 9.20. The summed E-state index contributed by atoms with van der Waals surface area (Å²) in [5.41, 5.74) is 2.29. The van der Waals surface area contributed by atoms with Gasteiger partial charge >= 0.3 is 0 Å². The van der Waals surface area contributed by atoms with Crippen LogP contribution in [0.2, 0.25) is 0 Å². The molecule has 1 aliphatic rings. The minimum Gasteiger partial charge on any atom is -0.381 e. The number of aliphatic imine (C=N–C) groups is 1. The van der Waals surface area contributed by atoms with Crippen LogP contribution in [0.4, 0.5) is 0 Å². The standard InChI is InChI=1S/C21H35N3O2/c1-21(2,3)26-16-19-8-5-7-18(13-19)14-24-20(22-4)23-11-6-12-25-15-17-9-10-17/h5,7-8,13,17H,6,9-12,14-16H2,1-4H3,(H2,22,23,24). The monoisotopic (exact) mass is 361 g/mol. The van der Waals surface area contributed by atoms with E-state index in [0.29, 0.717) is 6.61 Å². The summed E-state index contributed by atoms with van der Waals surface area (Å²) < 4.78 is 11.5. The van der Waals surface area contributed by atoms with E-state index >= 15 is 0 Å². The SMILES string of the molecule is CN=C(NCCCOCC1CC1)NCc1cccc(COC(C)(C)C)c1. The van der Waals surface area contributed by atoms with Gasteiger partial charge in [0.2, 0.25) is 0 Å². The largest absolute Gasteiger partial charge is 0.381 e. The molecule has 1 aromatic rings. The summed E-state index contributed by atoms with van der Waals surface area (Å²) in [7, 11) is 1.80. The van der Waals surface area contributed by atoms with Crippen molar-refractivity contribution in [2.24, 2.45) is 10.9 Å². The number of nitrogens with zero attached hydrogens (tertiary/aromatic N) is 1. The molecule has 0 amide bonds. The van der Waals surface area contributed by atoms with E-state index < -0.39 is 0 Å². The molecule has 0 aromatic heterocycles.